The van der Waals surface area contributed by atoms with Crippen molar-refractivity contribution in [1.29, 1.82) is 0 Å². The molecular weight excluding hydrogens is 532 g/mol. The van der Waals surface area contributed by atoms with E-state index in [9.17, 15) is 14.4 Å². The number of halogens is 1. The summed E-state index contributed by atoms with van der Waals surface area (Å²) in [6.45, 7) is 5.55. The topological polar surface area (TPSA) is 110 Å². The largest absolute Gasteiger partial charge is 0.487 e. The van der Waals surface area contributed by atoms with Crippen LogP contribution in [-0.2, 0) is 34.5 Å². The predicted molar refractivity (Wildman–Crippen MR) is 150 cm³/mol. The van der Waals surface area contributed by atoms with Gasteiger partial charge >= 0.3 is 0 Å². The molecule has 0 radical (unpaired) electrons. The number of aromatic nitrogens is 3. The molecular formula is C29H39ClN6O4. The zero-order chi connectivity index (χ0) is 28.6. The van der Waals surface area contributed by atoms with Gasteiger partial charge in [-0.05, 0) is 57.2 Å². The van der Waals surface area contributed by atoms with Crippen molar-refractivity contribution in [1.82, 2.24) is 30.1 Å². The van der Waals surface area contributed by atoms with Crippen LogP contribution in [0, 0.1) is 18.3 Å². The molecule has 5 rings (SSSR count). The number of carbonyl (C=O) groups excluding carboxylic acids is 3. The van der Waals surface area contributed by atoms with Crippen LogP contribution in [0.2, 0.25) is 5.02 Å². The lowest BCUT2D eigenvalue weighted by Gasteiger charge is -2.46. The molecule has 2 aliphatic heterocycles. The second-order valence-electron chi connectivity index (χ2n) is 11.5. The highest BCUT2D eigenvalue weighted by molar-refractivity contribution is 6.31. The molecule has 3 amide bonds. The van der Waals surface area contributed by atoms with Crippen molar-refractivity contribution in [3.8, 4) is 5.75 Å². The van der Waals surface area contributed by atoms with Crippen molar-refractivity contribution < 1.29 is 19.1 Å². The van der Waals surface area contributed by atoms with Gasteiger partial charge in [-0.15, -0.1) is 5.10 Å². The molecule has 3 aliphatic rings. The highest BCUT2D eigenvalue weighted by Crippen LogP contribution is 2.46. The summed E-state index contributed by atoms with van der Waals surface area (Å²) in [4.78, 5) is 44.0. The molecule has 1 saturated carbocycles. The van der Waals surface area contributed by atoms with Gasteiger partial charge in [-0.3, -0.25) is 19.1 Å². The Morgan fingerprint density at radius 1 is 1.20 bits per heavy atom. The van der Waals surface area contributed by atoms with Gasteiger partial charge in [0.1, 0.15) is 18.1 Å². The Balaban J connectivity index is 1.53. The van der Waals surface area contributed by atoms with Crippen LogP contribution in [0.25, 0.3) is 0 Å². The summed E-state index contributed by atoms with van der Waals surface area (Å²) in [6.07, 6.45) is 5.02. The third-order valence-electron chi connectivity index (χ3n) is 9.24. The number of hydrogen-bond acceptors (Lipinski definition) is 6. The Morgan fingerprint density at radius 3 is 2.67 bits per heavy atom. The minimum atomic E-state index is -0.782. The van der Waals surface area contributed by atoms with Gasteiger partial charge in [0.05, 0.1) is 23.1 Å². The van der Waals surface area contributed by atoms with Crippen LogP contribution >= 0.6 is 11.6 Å². The molecule has 1 aromatic heterocycles. The van der Waals surface area contributed by atoms with Crippen molar-refractivity contribution >= 4 is 29.3 Å². The van der Waals surface area contributed by atoms with E-state index >= 15 is 0 Å². The van der Waals surface area contributed by atoms with E-state index in [1.807, 2.05) is 42.8 Å². The SMILES string of the molecule is CNC(=O)[C@@]1(C)CCCC[C@H]1C(=O)N1CCc2c(Cl)ccc(OCc3nnn(C)c3C)c2[C@H]1CN1CCCC1=O. The van der Waals surface area contributed by atoms with Crippen molar-refractivity contribution in [2.24, 2.45) is 18.4 Å². The fraction of sp³-hybridized carbons (Fsp3) is 0.621. The van der Waals surface area contributed by atoms with Crippen molar-refractivity contribution in [2.75, 3.05) is 26.7 Å². The minimum Gasteiger partial charge on any atom is -0.487 e. The molecule has 0 bridgehead atoms. The van der Waals surface area contributed by atoms with Crippen molar-refractivity contribution in [2.45, 2.75) is 71.4 Å². The first-order chi connectivity index (χ1) is 19.2. The number of nitrogens with zero attached hydrogens (tertiary/aromatic N) is 5. The Kier molecular flexibility index (Phi) is 8.08. The van der Waals surface area contributed by atoms with Gasteiger partial charge < -0.3 is 19.9 Å². The van der Waals surface area contributed by atoms with Crippen LogP contribution in [0.3, 0.4) is 0 Å². The van der Waals surface area contributed by atoms with E-state index in [0.717, 1.165) is 41.8 Å². The van der Waals surface area contributed by atoms with Gasteiger partial charge in [-0.25, -0.2) is 0 Å². The predicted octanol–water partition coefficient (Wildman–Crippen LogP) is 3.35. The van der Waals surface area contributed by atoms with Crippen LogP contribution in [0.4, 0.5) is 0 Å². The molecule has 2 fully saturated rings. The van der Waals surface area contributed by atoms with E-state index in [0.29, 0.717) is 56.1 Å². The van der Waals surface area contributed by atoms with Gasteiger partial charge in [0.2, 0.25) is 17.7 Å². The van der Waals surface area contributed by atoms with Crippen LogP contribution in [0.1, 0.15) is 74.0 Å². The smallest absolute Gasteiger partial charge is 0.227 e. The summed E-state index contributed by atoms with van der Waals surface area (Å²) in [6, 6.07) is 3.24. The third-order valence-corrected chi connectivity index (χ3v) is 9.59. The van der Waals surface area contributed by atoms with Crippen LogP contribution in [0.5, 0.6) is 5.75 Å². The van der Waals surface area contributed by atoms with E-state index < -0.39 is 17.4 Å². The number of nitrogens with one attached hydrogen (secondary N) is 1. The number of benzene rings is 1. The maximum Gasteiger partial charge on any atom is 0.227 e. The van der Waals surface area contributed by atoms with E-state index in [4.69, 9.17) is 16.3 Å². The zero-order valence-electron chi connectivity index (χ0n) is 23.8. The monoisotopic (exact) mass is 570 g/mol. The van der Waals surface area contributed by atoms with Gasteiger partial charge in [0.25, 0.3) is 0 Å². The summed E-state index contributed by atoms with van der Waals surface area (Å²) in [5.41, 5.74) is 2.63. The number of likely N-dealkylation sites (tertiary alicyclic amines) is 1. The summed E-state index contributed by atoms with van der Waals surface area (Å²) < 4.78 is 8.05. The normalized spacial score (nSPS) is 24.7. The maximum absolute atomic E-state index is 14.4. The van der Waals surface area contributed by atoms with Crippen LogP contribution in [0.15, 0.2) is 12.1 Å². The van der Waals surface area contributed by atoms with E-state index in [1.165, 1.54) is 0 Å². The first-order valence-corrected chi connectivity index (χ1v) is 14.6. The number of ether oxygens (including phenoxy) is 1. The summed E-state index contributed by atoms with van der Waals surface area (Å²) in [5.74, 6) is 0.137. The summed E-state index contributed by atoms with van der Waals surface area (Å²) in [7, 11) is 3.47. The molecule has 1 aliphatic carbocycles. The summed E-state index contributed by atoms with van der Waals surface area (Å²) >= 11 is 6.73. The molecule has 3 atom stereocenters. The molecule has 1 saturated heterocycles. The number of fused-ring (bicyclic) bond motifs is 1. The first kappa shape index (κ1) is 28.4. The third kappa shape index (κ3) is 5.06. The number of rotatable bonds is 7. The number of hydrogen-bond donors (Lipinski definition) is 1. The Labute approximate surface area is 240 Å². The first-order valence-electron chi connectivity index (χ1n) is 14.3. The zero-order valence-corrected chi connectivity index (χ0v) is 24.6. The van der Waals surface area contributed by atoms with Crippen molar-refractivity contribution in [3.05, 3.63) is 39.7 Å². The standard InChI is InChI=1S/C29H39ClN6O4/c1-18-22(32-33-34(18)4)17-40-24-11-10-21(30)19-12-15-36(23(26(19)24)16-35-14-7-9-25(35)37)27(38)20-8-5-6-13-29(20,2)28(39)31-3/h10-11,20,23H,5-9,12-17H2,1-4H3,(H,31,39)/t20-,23+,29-/m0/s1. The fourth-order valence-corrected chi connectivity index (χ4v) is 6.94. The molecule has 11 heteroatoms. The summed E-state index contributed by atoms with van der Waals surface area (Å²) in [5, 5.41) is 11.7. The highest BCUT2D eigenvalue weighted by atomic mass is 35.5. The molecule has 40 heavy (non-hydrogen) atoms. The average Bonchev–Trinajstić information content (AvgIpc) is 3.51. The van der Waals surface area contributed by atoms with Gasteiger partial charge in [0, 0.05) is 50.7 Å². The molecule has 216 valence electrons. The van der Waals surface area contributed by atoms with E-state index in [1.54, 1.807) is 11.7 Å². The minimum absolute atomic E-state index is 0.0382. The van der Waals surface area contributed by atoms with Crippen LogP contribution < -0.4 is 10.1 Å². The number of carbonyl (C=O) groups is 3. The lowest BCUT2D eigenvalue weighted by molar-refractivity contribution is -0.153. The van der Waals surface area contributed by atoms with Crippen LogP contribution in [-0.4, -0.2) is 69.2 Å². The van der Waals surface area contributed by atoms with E-state index in [-0.39, 0.29) is 24.3 Å². The second kappa shape index (κ2) is 11.4. The van der Waals surface area contributed by atoms with Crippen molar-refractivity contribution in [3.63, 3.8) is 0 Å². The fourth-order valence-electron chi connectivity index (χ4n) is 6.68. The van der Waals surface area contributed by atoms with Gasteiger partial charge in [0.15, 0.2) is 0 Å². The van der Waals surface area contributed by atoms with Gasteiger partial charge in [-0.2, -0.15) is 0 Å². The molecule has 0 spiro atoms. The molecule has 3 heterocycles. The second-order valence-corrected chi connectivity index (χ2v) is 11.9. The van der Waals surface area contributed by atoms with Gasteiger partial charge in [-0.1, -0.05) is 29.7 Å². The number of amides is 3. The molecule has 0 unspecified atom stereocenters. The Hall–Kier alpha value is -3.14. The lowest BCUT2D eigenvalue weighted by atomic mass is 9.66. The molecule has 1 N–H and O–H groups in total. The number of aryl methyl sites for hydroxylation is 1. The van der Waals surface area contributed by atoms with E-state index in [2.05, 4.69) is 15.6 Å². The molecule has 1 aromatic carbocycles. The lowest BCUT2D eigenvalue weighted by Crippen LogP contribution is -2.54. The maximum atomic E-state index is 14.4. The average molecular weight is 571 g/mol. The highest BCUT2D eigenvalue weighted by Gasteiger charge is 2.49. The quantitative estimate of drug-likeness (QED) is 0.547. The Bertz CT molecular complexity index is 1310. The molecule has 10 nitrogen and oxygen atoms in total. The Morgan fingerprint density at radius 2 is 2.00 bits per heavy atom. The molecule has 2 aromatic rings.